The number of nitrogens with zero attached hydrogens (tertiary/aromatic N) is 3. The molecule has 7 heteroatoms. The van der Waals surface area contributed by atoms with Crippen molar-refractivity contribution in [1.29, 1.82) is 0 Å². The van der Waals surface area contributed by atoms with Crippen LogP contribution < -0.4 is 0 Å². The van der Waals surface area contributed by atoms with Crippen molar-refractivity contribution in [1.82, 2.24) is 15.1 Å². The van der Waals surface area contributed by atoms with E-state index in [0.717, 1.165) is 38.1 Å². The first-order chi connectivity index (χ1) is 11.3. The van der Waals surface area contributed by atoms with Crippen LogP contribution in [0, 0.1) is 5.92 Å². The summed E-state index contributed by atoms with van der Waals surface area (Å²) in [6.45, 7) is 2.34. The maximum absolute atomic E-state index is 12.4. The number of hydrogen-bond acceptors (Lipinski definition) is 6. The van der Waals surface area contributed by atoms with Crippen molar-refractivity contribution in [3.8, 4) is 11.5 Å². The van der Waals surface area contributed by atoms with Crippen molar-refractivity contribution < 1.29 is 13.9 Å². The largest absolute Gasteiger partial charge is 0.421 e. The van der Waals surface area contributed by atoms with E-state index >= 15 is 0 Å². The first kappa shape index (κ1) is 16.1. The molecule has 0 N–H and O–H groups in total. The monoisotopic (exact) mass is 335 g/mol. The first-order valence-corrected chi connectivity index (χ1v) is 8.82. The highest BCUT2D eigenvalue weighted by Crippen LogP contribution is 2.21. The van der Waals surface area contributed by atoms with Gasteiger partial charge in [-0.3, -0.25) is 4.79 Å². The molecule has 1 amide bonds. The molecule has 0 spiro atoms. The molecule has 0 bridgehead atoms. The molecule has 0 aromatic carbocycles. The highest BCUT2D eigenvalue weighted by Gasteiger charge is 2.23. The second kappa shape index (κ2) is 7.70. The Bertz CT molecular complexity index is 624. The summed E-state index contributed by atoms with van der Waals surface area (Å²) in [6.07, 6.45) is 3.07. The Morgan fingerprint density at radius 2 is 2.43 bits per heavy atom. The van der Waals surface area contributed by atoms with Gasteiger partial charge in [0.05, 0.1) is 6.61 Å². The van der Waals surface area contributed by atoms with Crippen LogP contribution >= 0.6 is 11.3 Å². The Labute approximate surface area is 139 Å². The van der Waals surface area contributed by atoms with Crippen LogP contribution in [0.4, 0.5) is 0 Å². The van der Waals surface area contributed by atoms with Crippen molar-refractivity contribution >= 4 is 17.2 Å². The van der Waals surface area contributed by atoms with Gasteiger partial charge in [-0.2, -0.15) is 11.3 Å². The number of aromatic nitrogens is 2. The highest BCUT2D eigenvalue weighted by molar-refractivity contribution is 7.08. The quantitative estimate of drug-likeness (QED) is 0.812. The molecular formula is C16H21N3O3S. The summed E-state index contributed by atoms with van der Waals surface area (Å²) < 4.78 is 10.8. The van der Waals surface area contributed by atoms with Crippen LogP contribution in [-0.2, 0) is 16.0 Å². The van der Waals surface area contributed by atoms with Gasteiger partial charge in [0.1, 0.15) is 0 Å². The van der Waals surface area contributed by atoms with Gasteiger partial charge in [0.2, 0.25) is 17.7 Å². The number of carbonyl (C=O) groups is 1. The van der Waals surface area contributed by atoms with E-state index in [0.29, 0.717) is 30.5 Å². The van der Waals surface area contributed by atoms with Crippen molar-refractivity contribution in [3.05, 3.63) is 22.7 Å². The van der Waals surface area contributed by atoms with Crippen LogP contribution in [0.3, 0.4) is 0 Å². The molecule has 1 atom stereocenters. The standard InChI is InChI=1S/C16H21N3O3S/c1-21-10-12-3-2-7-19(9-12)15(20)5-4-14-17-18-16(22-14)13-6-8-23-11-13/h6,8,11-12H,2-5,7,9-10H2,1H3. The average molecular weight is 335 g/mol. The summed E-state index contributed by atoms with van der Waals surface area (Å²) in [5.74, 6) is 1.64. The SMILES string of the molecule is COCC1CCCN(C(=O)CCc2nnc(-c3ccsc3)o2)C1. The van der Waals surface area contributed by atoms with Gasteiger partial charge in [-0.25, -0.2) is 0 Å². The maximum Gasteiger partial charge on any atom is 0.248 e. The third-order valence-corrected chi connectivity index (χ3v) is 4.75. The Balaban J connectivity index is 1.51. The van der Waals surface area contributed by atoms with Gasteiger partial charge in [0, 0.05) is 44.0 Å². The lowest BCUT2D eigenvalue weighted by Gasteiger charge is -2.32. The van der Waals surface area contributed by atoms with Crippen molar-refractivity contribution in [2.45, 2.75) is 25.7 Å². The number of amides is 1. The molecule has 3 heterocycles. The molecule has 2 aromatic heterocycles. The van der Waals surface area contributed by atoms with Gasteiger partial charge in [0.15, 0.2) is 0 Å². The minimum Gasteiger partial charge on any atom is -0.421 e. The number of ether oxygens (including phenoxy) is 1. The molecule has 1 unspecified atom stereocenters. The Kier molecular flexibility index (Phi) is 5.40. The molecule has 23 heavy (non-hydrogen) atoms. The number of rotatable bonds is 6. The predicted octanol–water partition coefficient (Wildman–Crippen LogP) is 2.62. The summed E-state index contributed by atoms with van der Waals surface area (Å²) in [5, 5.41) is 12.0. The molecule has 124 valence electrons. The Morgan fingerprint density at radius 3 is 3.22 bits per heavy atom. The zero-order valence-corrected chi connectivity index (χ0v) is 14.1. The van der Waals surface area contributed by atoms with E-state index in [1.165, 1.54) is 0 Å². The molecule has 6 nitrogen and oxygen atoms in total. The smallest absolute Gasteiger partial charge is 0.248 e. The van der Waals surface area contributed by atoms with E-state index in [1.54, 1.807) is 18.4 Å². The second-order valence-electron chi connectivity index (χ2n) is 5.82. The number of aryl methyl sites for hydroxylation is 1. The van der Waals surface area contributed by atoms with Crippen LogP contribution in [-0.4, -0.2) is 47.8 Å². The van der Waals surface area contributed by atoms with Crippen LogP contribution in [0.5, 0.6) is 0 Å². The van der Waals surface area contributed by atoms with E-state index in [-0.39, 0.29) is 5.91 Å². The van der Waals surface area contributed by atoms with E-state index in [1.807, 2.05) is 21.7 Å². The lowest BCUT2D eigenvalue weighted by molar-refractivity contribution is -0.133. The van der Waals surface area contributed by atoms with Crippen LogP contribution in [0.25, 0.3) is 11.5 Å². The van der Waals surface area contributed by atoms with Gasteiger partial charge in [-0.15, -0.1) is 10.2 Å². The molecule has 1 aliphatic heterocycles. The van der Waals surface area contributed by atoms with Crippen molar-refractivity contribution in [3.63, 3.8) is 0 Å². The number of carbonyl (C=O) groups excluding carboxylic acids is 1. The van der Waals surface area contributed by atoms with E-state index in [9.17, 15) is 4.79 Å². The Morgan fingerprint density at radius 1 is 1.52 bits per heavy atom. The molecule has 0 saturated carbocycles. The number of thiophene rings is 1. The third kappa shape index (κ3) is 4.17. The molecular weight excluding hydrogens is 314 g/mol. The lowest BCUT2D eigenvalue weighted by Crippen LogP contribution is -2.41. The fourth-order valence-corrected chi connectivity index (χ4v) is 3.52. The molecule has 1 fully saturated rings. The second-order valence-corrected chi connectivity index (χ2v) is 6.60. The zero-order valence-electron chi connectivity index (χ0n) is 13.2. The number of piperidine rings is 1. The van der Waals surface area contributed by atoms with Gasteiger partial charge in [-0.1, -0.05) is 0 Å². The third-order valence-electron chi connectivity index (χ3n) is 4.06. The topological polar surface area (TPSA) is 68.5 Å². The minimum atomic E-state index is 0.154. The van der Waals surface area contributed by atoms with E-state index in [4.69, 9.17) is 9.15 Å². The Hall–Kier alpha value is -1.73. The van der Waals surface area contributed by atoms with Crippen molar-refractivity contribution in [2.24, 2.45) is 5.92 Å². The molecule has 2 aromatic rings. The molecule has 3 rings (SSSR count). The number of methoxy groups -OCH3 is 1. The fourth-order valence-electron chi connectivity index (χ4n) is 2.89. The van der Waals surface area contributed by atoms with E-state index < -0.39 is 0 Å². The number of hydrogen-bond donors (Lipinski definition) is 0. The maximum atomic E-state index is 12.4. The summed E-state index contributed by atoms with van der Waals surface area (Å²) in [4.78, 5) is 14.3. The summed E-state index contributed by atoms with van der Waals surface area (Å²) in [5.41, 5.74) is 0.929. The van der Waals surface area contributed by atoms with Gasteiger partial charge >= 0.3 is 0 Å². The van der Waals surface area contributed by atoms with Crippen LogP contribution in [0.2, 0.25) is 0 Å². The molecule has 1 saturated heterocycles. The summed E-state index contributed by atoms with van der Waals surface area (Å²) >= 11 is 1.59. The predicted molar refractivity (Wildman–Crippen MR) is 87.1 cm³/mol. The molecule has 0 radical (unpaired) electrons. The summed E-state index contributed by atoms with van der Waals surface area (Å²) in [6, 6.07) is 1.94. The summed E-state index contributed by atoms with van der Waals surface area (Å²) in [7, 11) is 1.71. The molecule has 0 aliphatic carbocycles. The number of likely N-dealkylation sites (tertiary alicyclic amines) is 1. The fraction of sp³-hybridized carbons (Fsp3) is 0.562. The average Bonchev–Trinajstić information content (AvgIpc) is 3.24. The van der Waals surface area contributed by atoms with Gasteiger partial charge in [-0.05, 0) is 30.2 Å². The van der Waals surface area contributed by atoms with Crippen LogP contribution in [0.1, 0.15) is 25.2 Å². The highest BCUT2D eigenvalue weighted by atomic mass is 32.1. The molecule has 1 aliphatic rings. The minimum absolute atomic E-state index is 0.154. The van der Waals surface area contributed by atoms with Gasteiger partial charge in [0.25, 0.3) is 0 Å². The normalized spacial score (nSPS) is 18.3. The van der Waals surface area contributed by atoms with Crippen LogP contribution in [0.15, 0.2) is 21.2 Å². The zero-order chi connectivity index (χ0) is 16.1. The van der Waals surface area contributed by atoms with Crippen molar-refractivity contribution in [2.75, 3.05) is 26.8 Å². The van der Waals surface area contributed by atoms with Gasteiger partial charge < -0.3 is 14.1 Å². The van der Waals surface area contributed by atoms with E-state index in [2.05, 4.69) is 10.2 Å². The lowest BCUT2D eigenvalue weighted by atomic mass is 9.98. The first-order valence-electron chi connectivity index (χ1n) is 7.88.